The molecule has 1 aromatic carbocycles. The minimum absolute atomic E-state index is 0.161. The number of piperazine rings is 1. The molecule has 172 valence electrons. The molecule has 4 rings (SSSR count). The van der Waals surface area contributed by atoms with Crippen molar-refractivity contribution in [2.45, 2.75) is 49.5 Å². The molecule has 10 heteroatoms. The first-order chi connectivity index (χ1) is 15.4. The first-order valence-electron chi connectivity index (χ1n) is 11.0. The van der Waals surface area contributed by atoms with Crippen LogP contribution in [-0.4, -0.2) is 60.1 Å². The average Bonchev–Trinajstić information content (AvgIpc) is 3.32. The number of rotatable bonds is 7. The fourth-order valence-electron chi connectivity index (χ4n) is 4.53. The average molecular weight is 477 g/mol. The molecule has 1 aliphatic heterocycles. The predicted molar refractivity (Wildman–Crippen MR) is 123 cm³/mol. The molecular weight excluding hydrogens is 448 g/mol. The molecule has 0 unspecified atom stereocenters. The Morgan fingerprint density at radius 1 is 1.16 bits per heavy atom. The molecule has 1 saturated heterocycles. The van der Waals surface area contributed by atoms with E-state index in [-0.39, 0.29) is 36.3 Å². The summed E-state index contributed by atoms with van der Waals surface area (Å²) in [4.78, 5) is 32.1. The van der Waals surface area contributed by atoms with Crippen LogP contribution < -0.4 is 5.32 Å². The summed E-state index contributed by atoms with van der Waals surface area (Å²) in [6, 6.07) is 7.50. The molecule has 1 aromatic heterocycles. The van der Waals surface area contributed by atoms with Gasteiger partial charge in [0.15, 0.2) is 5.13 Å². The van der Waals surface area contributed by atoms with Crippen LogP contribution in [0.25, 0.3) is 0 Å². The number of benzene rings is 1. The van der Waals surface area contributed by atoms with E-state index < -0.39 is 16.1 Å². The second-order valence-electron chi connectivity index (χ2n) is 8.32. The summed E-state index contributed by atoms with van der Waals surface area (Å²) < 4.78 is 27.1. The van der Waals surface area contributed by atoms with Crippen LogP contribution in [0.4, 0.5) is 5.13 Å². The molecule has 2 heterocycles. The Balaban J connectivity index is 1.49. The van der Waals surface area contributed by atoms with Crippen LogP contribution in [0.1, 0.15) is 38.5 Å². The van der Waals surface area contributed by atoms with Crippen molar-refractivity contribution in [1.82, 2.24) is 14.2 Å². The molecule has 1 atom stereocenters. The van der Waals surface area contributed by atoms with E-state index in [0.29, 0.717) is 17.5 Å². The third-order valence-electron chi connectivity index (χ3n) is 6.23. The van der Waals surface area contributed by atoms with Gasteiger partial charge in [0, 0.05) is 24.7 Å². The zero-order chi connectivity index (χ0) is 22.6. The van der Waals surface area contributed by atoms with Gasteiger partial charge in [0.2, 0.25) is 21.8 Å². The highest BCUT2D eigenvalue weighted by Gasteiger charge is 2.39. The standard InChI is InChI=1S/C22H28N4O4S2/c27-20-16-25(32(29,30)18-9-5-2-6-10-18)12-13-26(20)19(15-17-7-3-1-4-8-17)21(28)24-22-23-11-14-31-22/h2,5-6,9-11,14,17,19H,1,3-4,7-8,12-13,15-16H2,(H,23,24,28)/t19-/m0/s1. The van der Waals surface area contributed by atoms with Crippen LogP contribution in [0, 0.1) is 5.92 Å². The van der Waals surface area contributed by atoms with Gasteiger partial charge in [0.1, 0.15) is 6.04 Å². The number of sulfonamides is 1. The quantitative estimate of drug-likeness (QED) is 0.662. The number of aromatic nitrogens is 1. The highest BCUT2D eigenvalue weighted by atomic mass is 32.2. The normalized spacial score (nSPS) is 19.6. The van der Waals surface area contributed by atoms with Gasteiger partial charge in [-0.15, -0.1) is 11.3 Å². The van der Waals surface area contributed by atoms with E-state index in [0.717, 1.165) is 25.7 Å². The van der Waals surface area contributed by atoms with Crippen LogP contribution in [0.2, 0.25) is 0 Å². The van der Waals surface area contributed by atoms with E-state index in [4.69, 9.17) is 0 Å². The third kappa shape index (κ3) is 5.19. The van der Waals surface area contributed by atoms with Crippen molar-refractivity contribution < 1.29 is 18.0 Å². The van der Waals surface area contributed by atoms with Crippen molar-refractivity contribution in [3.8, 4) is 0 Å². The molecular formula is C22H28N4O4S2. The fraction of sp³-hybridized carbons (Fsp3) is 0.500. The van der Waals surface area contributed by atoms with E-state index in [1.165, 1.54) is 34.2 Å². The molecule has 32 heavy (non-hydrogen) atoms. The zero-order valence-corrected chi connectivity index (χ0v) is 19.5. The van der Waals surface area contributed by atoms with E-state index in [2.05, 4.69) is 10.3 Å². The first-order valence-corrected chi connectivity index (χ1v) is 13.3. The molecule has 0 spiro atoms. The Morgan fingerprint density at radius 3 is 2.56 bits per heavy atom. The van der Waals surface area contributed by atoms with Crippen molar-refractivity contribution in [3.05, 3.63) is 41.9 Å². The van der Waals surface area contributed by atoms with E-state index >= 15 is 0 Å². The summed E-state index contributed by atoms with van der Waals surface area (Å²) in [5, 5.41) is 5.12. The van der Waals surface area contributed by atoms with Crippen LogP contribution in [0.5, 0.6) is 0 Å². The molecule has 2 amide bonds. The van der Waals surface area contributed by atoms with Crippen molar-refractivity contribution in [2.75, 3.05) is 25.0 Å². The van der Waals surface area contributed by atoms with E-state index in [1.54, 1.807) is 34.7 Å². The van der Waals surface area contributed by atoms with Gasteiger partial charge >= 0.3 is 0 Å². The summed E-state index contributed by atoms with van der Waals surface area (Å²) >= 11 is 1.33. The number of hydrogen-bond donors (Lipinski definition) is 1. The summed E-state index contributed by atoms with van der Waals surface area (Å²) in [5.74, 6) is -0.209. The molecule has 1 N–H and O–H groups in total. The summed E-state index contributed by atoms with van der Waals surface area (Å²) in [6.45, 7) is 0.0885. The summed E-state index contributed by atoms with van der Waals surface area (Å²) in [5.41, 5.74) is 0. The lowest BCUT2D eigenvalue weighted by Gasteiger charge is -2.39. The van der Waals surface area contributed by atoms with Gasteiger partial charge in [-0.05, 0) is 24.5 Å². The Bertz CT molecular complexity index is 1020. The number of nitrogens with zero attached hydrogens (tertiary/aromatic N) is 3. The van der Waals surface area contributed by atoms with Crippen LogP contribution in [0.15, 0.2) is 46.8 Å². The number of carbonyl (C=O) groups is 2. The van der Waals surface area contributed by atoms with Crippen molar-refractivity contribution >= 4 is 38.3 Å². The maximum atomic E-state index is 13.2. The number of thiazole rings is 1. The third-order valence-corrected chi connectivity index (χ3v) is 8.77. The SMILES string of the molecule is O=C(Nc1nccs1)[C@H](CC1CCCCC1)N1CCN(S(=O)(=O)c2ccccc2)CC1=O. The summed E-state index contributed by atoms with van der Waals surface area (Å²) in [7, 11) is -3.76. The molecule has 8 nitrogen and oxygen atoms in total. The van der Waals surface area contributed by atoms with Crippen molar-refractivity contribution in [2.24, 2.45) is 5.92 Å². The largest absolute Gasteiger partial charge is 0.328 e. The Kier molecular flexibility index (Phi) is 7.22. The van der Waals surface area contributed by atoms with Crippen LogP contribution in [-0.2, 0) is 19.6 Å². The predicted octanol–water partition coefficient (Wildman–Crippen LogP) is 2.95. The molecule has 2 aromatic rings. The van der Waals surface area contributed by atoms with E-state index in [1.807, 2.05) is 0 Å². The maximum Gasteiger partial charge on any atom is 0.248 e. The van der Waals surface area contributed by atoms with Crippen LogP contribution in [0.3, 0.4) is 0 Å². The lowest BCUT2D eigenvalue weighted by molar-refractivity contribution is -0.142. The second kappa shape index (κ2) is 10.1. The highest BCUT2D eigenvalue weighted by Crippen LogP contribution is 2.30. The molecule has 1 aliphatic carbocycles. The van der Waals surface area contributed by atoms with Crippen molar-refractivity contribution in [3.63, 3.8) is 0 Å². The molecule has 0 bridgehead atoms. The van der Waals surface area contributed by atoms with Crippen molar-refractivity contribution in [1.29, 1.82) is 0 Å². The number of anilines is 1. The van der Waals surface area contributed by atoms with Gasteiger partial charge in [-0.2, -0.15) is 4.31 Å². The Morgan fingerprint density at radius 2 is 1.91 bits per heavy atom. The van der Waals surface area contributed by atoms with Gasteiger partial charge in [0.05, 0.1) is 11.4 Å². The maximum absolute atomic E-state index is 13.2. The number of carbonyl (C=O) groups excluding carboxylic acids is 2. The van der Waals surface area contributed by atoms with E-state index in [9.17, 15) is 18.0 Å². The molecule has 0 radical (unpaired) electrons. The molecule has 2 fully saturated rings. The molecule has 2 aliphatic rings. The van der Waals surface area contributed by atoms with Gasteiger partial charge in [-0.25, -0.2) is 13.4 Å². The van der Waals surface area contributed by atoms with Gasteiger partial charge in [-0.3, -0.25) is 9.59 Å². The Hall–Kier alpha value is -2.30. The fourth-order valence-corrected chi connectivity index (χ4v) is 6.46. The number of hydrogen-bond acceptors (Lipinski definition) is 6. The van der Waals surface area contributed by atoms with Gasteiger partial charge in [0.25, 0.3) is 0 Å². The first kappa shape index (κ1) is 22.9. The summed E-state index contributed by atoms with van der Waals surface area (Å²) in [6.07, 6.45) is 7.81. The topological polar surface area (TPSA) is 99.7 Å². The number of amides is 2. The highest BCUT2D eigenvalue weighted by molar-refractivity contribution is 7.89. The monoisotopic (exact) mass is 476 g/mol. The number of nitrogens with one attached hydrogen (secondary N) is 1. The van der Waals surface area contributed by atoms with Gasteiger partial charge < -0.3 is 10.2 Å². The minimum Gasteiger partial charge on any atom is -0.328 e. The van der Waals surface area contributed by atoms with Gasteiger partial charge in [-0.1, -0.05) is 50.3 Å². The Labute approximate surface area is 192 Å². The lowest BCUT2D eigenvalue weighted by Crippen LogP contribution is -2.58. The second-order valence-corrected chi connectivity index (χ2v) is 11.2. The minimum atomic E-state index is -3.76. The lowest BCUT2D eigenvalue weighted by atomic mass is 9.84. The smallest absolute Gasteiger partial charge is 0.248 e. The molecule has 1 saturated carbocycles. The zero-order valence-electron chi connectivity index (χ0n) is 17.9. The van der Waals surface area contributed by atoms with Crippen LogP contribution >= 0.6 is 11.3 Å².